The molecular weight excluding hydrogens is 378 g/mol. The minimum absolute atomic E-state index is 0.247. The van der Waals surface area contributed by atoms with E-state index in [1.807, 2.05) is 42.5 Å². The fraction of sp³-hybridized carbons (Fsp3) is 0.182. The second kappa shape index (κ2) is 8.76. The zero-order chi connectivity index (χ0) is 20.1. The molecule has 0 bridgehead atoms. The van der Waals surface area contributed by atoms with Gasteiger partial charge in [0.25, 0.3) is 5.91 Å². The van der Waals surface area contributed by atoms with Crippen LogP contribution >= 0.6 is 11.6 Å². The zero-order valence-corrected chi connectivity index (χ0v) is 16.3. The Morgan fingerprint density at radius 3 is 2.57 bits per heavy atom. The topological polar surface area (TPSA) is 64.6 Å². The molecule has 0 aliphatic carbocycles. The van der Waals surface area contributed by atoms with Crippen molar-refractivity contribution in [3.05, 3.63) is 71.2 Å². The Morgan fingerprint density at radius 2 is 1.82 bits per heavy atom. The van der Waals surface area contributed by atoms with Crippen molar-refractivity contribution in [3.8, 4) is 5.75 Å². The third-order valence-corrected chi connectivity index (χ3v) is 4.47. The summed E-state index contributed by atoms with van der Waals surface area (Å²) in [6.07, 6.45) is -0.744. The molecule has 1 amide bonds. The van der Waals surface area contributed by atoms with Crippen LogP contribution in [0.2, 0.25) is 5.02 Å². The van der Waals surface area contributed by atoms with Gasteiger partial charge in [0, 0.05) is 5.39 Å². The minimum Gasteiger partial charge on any atom is -0.480 e. The van der Waals surface area contributed by atoms with Crippen molar-refractivity contribution in [2.24, 2.45) is 0 Å². The van der Waals surface area contributed by atoms with E-state index < -0.39 is 12.1 Å². The highest BCUT2D eigenvalue weighted by atomic mass is 35.5. The predicted molar refractivity (Wildman–Crippen MR) is 110 cm³/mol. The highest BCUT2D eigenvalue weighted by molar-refractivity contribution is 6.34. The van der Waals surface area contributed by atoms with Crippen LogP contribution in [0.15, 0.2) is 60.7 Å². The molecule has 0 spiro atoms. The van der Waals surface area contributed by atoms with Crippen LogP contribution in [-0.2, 0) is 9.53 Å². The summed E-state index contributed by atoms with van der Waals surface area (Å²) in [5, 5.41) is 4.94. The van der Waals surface area contributed by atoms with Crippen molar-refractivity contribution < 1.29 is 19.1 Å². The number of nitrogens with one attached hydrogen (secondary N) is 1. The van der Waals surface area contributed by atoms with Crippen LogP contribution < -0.4 is 10.1 Å². The number of amides is 1. The summed E-state index contributed by atoms with van der Waals surface area (Å²) in [4.78, 5) is 24.3. The Kier molecular flexibility index (Phi) is 6.16. The fourth-order valence-electron chi connectivity index (χ4n) is 2.73. The zero-order valence-electron chi connectivity index (χ0n) is 15.6. The average Bonchev–Trinajstić information content (AvgIpc) is 2.69. The number of anilines is 1. The van der Waals surface area contributed by atoms with E-state index in [0.717, 1.165) is 10.8 Å². The molecule has 6 heteroatoms. The third kappa shape index (κ3) is 4.43. The molecule has 28 heavy (non-hydrogen) atoms. The minimum atomic E-state index is -0.744. The summed E-state index contributed by atoms with van der Waals surface area (Å²) >= 11 is 6.20. The Hall–Kier alpha value is -3.05. The van der Waals surface area contributed by atoms with Crippen LogP contribution in [0, 0.1) is 0 Å². The summed E-state index contributed by atoms with van der Waals surface area (Å²) in [6, 6.07) is 18.1. The van der Waals surface area contributed by atoms with Gasteiger partial charge in [-0.15, -0.1) is 0 Å². The maximum absolute atomic E-state index is 12.5. The largest absolute Gasteiger partial charge is 0.480 e. The molecule has 144 valence electrons. The van der Waals surface area contributed by atoms with Gasteiger partial charge in [-0.25, -0.2) is 4.79 Å². The van der Waals surface area contributed by atoms with E-state index in [1.165, 1.54) is 6.07 Å². The maximum Gasteiger partial charge on any atom is 0.338 e. The lowest BCUT2D eigenvalue weighted by atomic mass is 10.1. The quantitative estimate of drug-likeness (QED) is 0.589. The summed E-state index contributed by atoms with van der Waals surface area (Å²) in [5.74, 6) is -0.182. The Labute approximate surface area is 168 Å². The Bertz CT molecular complexity index is 1010. The lowest BCUT2D eigenvalue weighted by Crippen LogP contribution is -2.30. The molecule has 0 aliphatic rings. The number of carbonyl (C=O) groups is 2. The number of fused-ring (bicyclic) bond motifs is 1. The molecule has 0 fully saturated rings. The monoisotopic (exact) mass is 397 g/mol. The van der Waals surface area contributed by atoms with Crippen LogP contribution in [-0.4, -0.2) is 24.6 Å². The smallest absolute Gasteiger partial charge is 0.338 e. The summed E-state index contributed by atoms with van der Waals surface area (Å²) in [6.45, 7) is 3.67. The van der Waals surface area contributed by atoms with Gasteiger partial charge in [-0.1, -0.05) is 48.0 Å². The normalized spacial score (nSPS) is 11.7. The Balaban J connectivity index is 1.71. The maximum atomic E-state index is 12.5. The number of benzene rings is 3. The molecule has 5 nitrogen and oxygen atoms in total. The summed E-state index contributed by atoms with van der Waals surface area (Å²) in [5.41, 5.74) is 0.720. The fourth-order valence-corrected chi connectivity index (χ4v) is 2.96. The molecule has 3 aromatic carbocycles. The van der Waals surface area contributed by atoms with Crippen molar-refractivity contribution in [2.75, 3.05) is 11.9 Å². The molecule has 0 aromatic heterocycles. The van der Waals surface area contributed by atoms with Gasteiger partial charge in [-0.05, 0) is 43.5 Å². The van der Waals surface area contributed by atoms with Gasteiger partial charge in [0.1, 0.15) is 5.75 Å². The SMILES string of the molecule is CCOC(=O)c1ccc(NC(=O)[C@H](C)Oc2cccc3ccccc23)c(Cl)c1. The van der Waals surface area contributed by atoms with E-state index in [1.54, 1.807) is 26.0 Å². The summed E-state index contributed by atoms with van der Waals surface area (Å²) < 4.78 is 10.8. The lowest BCUT2D eigenvalue weighted by molar-refractivity contribution is -0.122. The van der Waals surface area contributed by atoms with Gasteiger partial charge < -0.3 is 14.8 Å². The third-order valence-electron chi connectivity index (χ3n) is 4.16. The molecule has 1 atom stereocenters. The molecule has 0 unspecified atom stereocenters. The number of halogens is 1. The van der Waals surface area contributed by atoms with Crippen LogP contribution in [0.4, 0.5) is 5.69 Å². The van der Waals surface area contributed by atoms with Crippen LogP contribution in [0.5, 0.6) is 5.75 Å². The molecule has 0 radical (unpaired) electrons. The Morgan fingerprint density at radius 1 is 1.07 bits per heavy atom. The number of esters is 1. The van der Waals surface area contributed by atoms with Gasteiger partial charge in [-0.2, -0.15) is 0 Å². The van der Waals surface area contributed by atoms with E-state index in [-0.39, 0.29) is 17.5 Å². The van der Waals surface area contributed by atoms with Gasteiger partial charge in [0.05, 0.1) is 22.9 Å². The van der Waals surface area contributed by atoms with Gasteiger partial charge in [-0.3, -0.25) is 4.79 Å². The number of hydrogen-bond donors (Lipinski definition) is 1. The first-order valence-corrected chi connectivity index (χ1v) is 9.29. The van der Waals surface area contributed by atoms with Gasteiger partial charge in [0.2, 0.25) is 0 Å². The second-order valence-electron chi connectivity index (χ2n) is 6.14. The molecular formula is C22H20ClNO4. The van der Waals surface area contributed by atoms with Crippen LogP contribution in [0.25, 0.3) is 10.8 Å². The van der Waals surface area contributed by atoms with Crippen LogP contribution in [0.1, 0.15) is 24.2 Å². The molecule has 3 aromatic rings. The van der Waals surface area contributed by atoms with Crippen molar-refractivity contribution in [3.63, 3.8) is 0 Å². The van der Waals surface area contributed by atoms with E-state index in [2.05, 4.69) is 5.32 Å². The van der Waals surface area contributed by atoms with Crippen molar-refractivity contribution in [1.82, 2.24) is 0 Å². The number of rotatable bonds is 6. The molecule has 0 saturated heterocycles. The van der Waals surface area contributed by atoms with Gasteiger partial charge in [0.15, 0.2) is 6.10 Å². The average molecular weight is 398 g/mol. The number of hydrogen-bond acceptors (Lipinski definition) is 4. The predicted octanol–water partition coefficient (Wildman–Crippen LogP) is 5.08. The van der Waals surface area contributed by atoms with E-state index in [9.17, 15) is 9.59 Å². The molecule has 0 aliphatic heterocycles. The summed E-state index contributed by atoms with van der Waals surface area (Å²) in [7, 11) is 0. The first-order chi connectivity index (χ1) is 13.5. The van der Waals surface area contributed by atoms with Gasteiger partial charge >= 0.3 is 5.97 Å². The van der Waals surface area contributed by atoms with Crippen molar-refractivity contribution in [1.29, 1.82) is 0 Å². The number of ether oxygens (including phenoxy) is 2. The van der Waals surface area contributed by atoms with E-state index in [4.69, 9.17) is 21.1 Å². The van der Waals surface area contributed by atoms with Crippen molar-refractivity contribution in [2.45, 2.75) is 20.0 Å². The lowest BCUT2D eigenvalue weighted by Gasteiger charge is -2.17. The molecule has 0 heterocycles. The standard InChI is InChI=1S/C22H20ClNO4/c1-3-27-22(26)16-11-12-19(18(23)13-16)24-21(25)14(2)28-20-10-6-8-15-7-4-5-9-17(15)20/h4-14H,3H2,1-2H3,(H,24,25)/t14-/m0/s1. The highest BCUT2D eigenvalue weighted by Crippen LogP contribution is 2.27. The molecule has 3 rings (SSSR count). The van der Waals surface area contributed by atoms with E-state index >= 15 is 0 Å². The second-order valence-corrected chi connectivity index (χ2v) is 6.55. The molecule has 1 N–H and O–H groups in total. The van der Waals surface area contributed by atoms with E-state index in [0.29, 0.717) is 17.0 Å². The number of carbonyl (C=O) groups excluding carboxylic acids is 2. The highest BCUT2D eigenvalue weighted by Gasteiger charge is 2.18. The molecule has 0 saturated carbocycles. The first kappa shape index (κ1) is 19.7. The van der Waals surface area contributed by atoms with Crippen molar-refractivity contribution >= 4 is 39.9 Å². The first-order valence-electron chi connectivity index (χ1n) is 8.91. The van der Waals surface area contributed by atoms with Crippen LogP contribution in [0.3, 0.4) is 0 Å².